The maximum absolute atomic E-state index is 14.5. The minimum absolute atomic E-state index is 0.0243. The van der Waals surface area contributed by atoms with E-state index in [0.717, 1.165) is 5.56 Å². The van der Waals surface area contributed by atoms with Gasteiger partial charge in [-0.25, -0.2) is 4.79 Å². The number of halogens is 1. The van der Waals surface area contributed by atoms with Crippen molar-refractivity contribution in [2.45, 2.75) is 18.9 Å². The van der Waals surface area contributed by atoms with Gasteiger partial charge in [0.05, 0.1) is 19.2 Å². The van der Waals surface area contributed by atoms with E-state index >= 15 is 0 Å². The molecule has 8 nitrogen and oxygen atoms in total. The summed E-state index contributed by atoms with van der Waals surface area (Å²) >= 11 is 6.04. The van der Waals surface area contributed by atoms with Gasteiger partial charge in [0.1, 0.15) is 16.7 Å². The second kappa shape index (κ2) is 8.02. The number of carbonyl (C=O) groups is 2. The molecule has 2 aromatic carbocycles. The van der Waals surface area contributed by atoms with Crippen LogP contribution in [0.1, 0.15) is 22.4 Å². The maximum atomic E-state index is 14.5. The number of fused-ring (bicyclic) bond motifs is 4. The molecule has 1 unspecified atom stereocenters. The molecule has 2 aliphatic heterocycles. The Kier molecular flexibility index (Phi) is 5.21. The van der Waals surface area contributed by atoms with Crippen LogP contribution in [0.3, 0.4) is 0 Å². The molecule has 1 aromatic heterocycles. The number of aryl methyl sites for hydroxylation is 1. The Morgan fingerprint density at radius 2 is 1.83 bits per heavy atom. The lowest BCUT2D eigenvalue weighted by molar-refractivity contribution is -0.138. The summed E-state index contributed by atoms with van der Waals surface area (Å²) in [5.41, 5.74) is 6.19. The summed E-state index contributed by atoms with van der Waals surface area (Å²) in [5, 5.41) is 0.569. The van der Waals surface area contributed by atoms with Crippen LogP contribution in [-0.4, -0.2) is 23.6 Å². The first-order valence-corrected chi connectivity index (χ1v) is 11.2. The van der Waals surface area contributed by atoms with Crippen LogP contribution in [0.5, 0.6) is 5.75 Å². The standard InChI is InChI=1S/C26H22ClN3O5/c1-14-12-19-20(23(31)29(14)2)26(21(22(28)35-19)24(32)34-3)17-6-4-5-7-18(17)30(25(26)33)13-15-8-10-16(27)11-9-15/h4-12H,13,28H2,1-3H3. The summed E-state index contributed by atoms with van der Waals surface area (Å²) in [6, 6.07) is 15.8. The highest BCUT2D eigenvalue weighted by molar-refractivity contribution is 6.30. The average molecular weight is 492 g/mol. The number of hydrogen-bond donors (Lipinski definition) is 1. The van der Waals surface area contributed by atoms with Gasteiger partial charge in [-0.15, -0.1) is 0 Å². The molecular weight excluding hydrogens is 470 g/mol. The third-order valence-electron chi connectivity index (χ3n) is 6.66. The predicted molar refractivity (Wildman–Crippen MR) is 130 cm³/mol. The molecule has 3 aromatic rings. The molecular formula is C26H22ClN3O5. The molecule has 0 bridgehead atoms. The van der Waals surface area contributed by atoms with Gasteiger partial charge in [-0.05, 0) is 30.7 Å². The summed E-state index contributed by atoms with van der Waals surface area (Å²) in [7, 11) is 2.79. The van der Waals surface area contributed by atoms with Gasteiger partial charge in [-0.3, -0.25) is 9.59 Å². The van der Waals surface area contributed by atoms with Crippen molar-refractivity contribution in [2.24, 2.45) is 12.8 Å². The van der Waals surface area contributed by atoms with Crippen LogP contribution in [0.25, 0.3) is 0 Å². The molecule has 1 spiro atoms. The zero-order valence-corrected chi connectivity index (χ0v) is 20.1. The van der Waals surface area contributed by atoms with Gasteiger partial charge in [0.15, 0.2) is 0 Å². The summed E-state index contributed by atoms with van der Waals surface area (Å²) in [6.07, 6.45) is 0. The molecule has 0 fully saturated rings. The fraction of sp³-hybridized carbons (Fsp3) is 0.192. The first-order chi connectivity index (χ1) is 16.7. The van der Waals surface area contributed by atoms with Crippen LogP contribution < -0.4 is 20.9 Å². The first kappa shape index (κ1) is 22.7. The molecule has 1 amide bonds. The van der Waals surface area contributed by atoms with E-state index in [1.807, 2.05) is 12.1 Å². The second-order valence-electron chi connectivity index (χ2n) is 8.51. The lowest BCUT2D eigenvalue weighted by Crippen LogP contribution is -2.51. The van der Waals surface area contributed by atoms with Gasteiger partial charge in [-0.1, -0.05) is 41.9 Å². The number of benzene rings is 2. The van der Waals surface area contributed by atoms with Crippen molar-refractivity contribution in [3.63, 3.8) is 0 Å². The van der Waals surface area contributed by atoms with Crippen LogP contribution in [-0.2, 0) is 33.3 Å². The van der Waals surface area contributed by atoms with E-state index in [2.05, 4.69) is 0 Å². The largest absolute Gasteiger partial charge is 0.465 e. The number of aromatic nitrogens is 1. The van der Waals surface area contributed by atoms with Crippen molar-refractivity contribution in [1.82, 2.24) is 4.57 Å². The Labute approximate surface area is 206 Å². The van der Waals surface area contributed by atoms with E-state index in [1.165, 1.54) is 11.7 Å². The lowest BCUT2D eigenvalue weighted by Gasteiger charge is -2.35. The zero-order valence-electron chi connectivity index (χ0n) is 19.3. The number of esters is 1. The molecule has 1 atom stereocenters. The van der Waals surface area contributed by atoms with E-state index in [9.17, 15) is 14.4 Å². The van der Waals surface area contributed by atoms with Gasteiger partial charge in [-0.2, -0.15) is 0 Å². The number of anilines is 1. The van der Waals surface area contributed by atoms with Crippen LogP contribution >= 0.6 is 11.6 Å². The van der Waals surface area contributed by atoms with E-state index in [4.69, 9.17) is 26.8 Å². The highest BCUT2D eigenvalue weighted by Gasteiger charge is 2.62. The second-order valence-corrected chi connectivity index (χ2v) is 8.94. The normalized spacial score (nSPS) is 18.4. The molecule has 0 saturated heterocycles. The van der Waals surface area contributed by atoms with Gasteiger partial charge in [0, 0.05) is 35.1 Å². The zero-order chi connectivity index (χ0) is 25.1. The van der Waals surface area contributed by atoms with Crippen molar-refractivity contribution in [3.8, 4) is 5.75 Å². The number of carbonyl (C=O) groups excluding carboxylic acids is 2. The maximum Gasteiger partial charge on any atom is 0.340 e. The topological polar surface area (TPSA) is 104 Å². The Balaban J connectivity index is 1.85. The fourth-order valence-electron chi connectivity index (χ4n) is 4.92. The monoisotopic (exact) mass is 491 g/mol. The van der Waals surface area contributed by atoms with Crippen molar-refractivity contribution < 1.29 is 19.1 Å². The molecule has 2 aliphatic rings. The van der Waals surface area contributed by atoms with Crippen LogP contribution in [0.15, 0.2) is 70.8 Å². The Bertz CT molecular complexity index is 1490. The Morgan fingerprint density at radius 3 is 2.51 bits per heavy atom. The summed E-state index contributed by atoms with van der Waals surface area (Å²) < 4.78 is 12.2. The fourth-order valence-corrected chi connectivity index (χ4v) is 5.04. The molecule has 9 heteroatoms. The minimum Gasteiger partial charge on any atom is -0.465 e. The molecule has 5 rings (SSSR count). The highest BCUT2D eigenvalue weighted by atomic mass is 35.5. The van der Waals surface area contributed by atoms with Crippen LogP contribution in [0.2, 0.25) is 5.02 Å². The van der Waals surface area contributed by atoms with Crippen molar-refractivity contribution in [2.75, 3.05) is 12.0 Å². The summed E-state index contributed by atoms with van der Waals surface area (Å²) in [4.78, 5) is 42.9. The van der Waals surface area contributed by atoms with Crippen molar-refractivity contribution in [1.29, 1.82) is 0 Å². The van der Waals surface area contributed by atoms with E-state index < -0.39 is 22.9 Å². The molecule has 0 radical (unpaired) electrons. The average Bonchev–Trinajstić information content (AvgIpc) is 3.07. The Morgan fingerprint density at radius 1 is 1.14 bits per heavy atom. The van der Waals surface area contributed by atoms with Gasteiger partial charge >= 0.3 is 5.97 Å². The lowest BCUT2D eigenvalue weighted by atomic mass is 9.68. The summed E-state index contributed by atoms with van der Waals surface area (Å²) in [6.45, 7) is 1.93. The van der Waals surface area contributed by atoms with Crippen LogP contribution in [0, 0.1) is 6.92 Å². The predicted octanol–water partition coefficient (Wildman–Crippen LogP) is 2.92. The molecule has 0 aliphatic carbocycles. The third-order valence-corrected chi connectivity index (χ3v) is 6.91. The van der Waals surface area contributed by atoms with Crippen molar-refractivity contribution >= 4 is 29.2 Å². The van der Waals surface area contributed by atoms with Crippen LogP contribution in [0.4, 0.5) is 5.69 Å². The van der Waals surface area contributed by atoms with E-state index in [0.29, 0.717) is 22.0 Å². The number of hydrogen-bond acceptors (Lipinski definition) is 6. The molecule has 35 heavy (non-hydrogen) atoms. The molecule has 2 N–H and O–H groups in total. The number of nitrogens with two attached hydrogens (primary N) is 1. The highest BCUT2D eigenvalue weighted by Crippen LogP contribution is 2.54. The molecule has 3 heterocycles. The van der Waals surface area contributed by atoms with Gasteiger partial charge in [0.25, 0.3) is 5.56 Å². The smallest absolute Gasteiger partial charge is 0.340 e. The van der Waals surface area contributed by atoms with E-state index in [-0.39, 0.29) is 29.3 Å². The number of methoxy groups -OCH3 is 1. The van der Waals surface area contributed by atoms with Gasteiger partial charge in [0.2, 0.25) is 11.8 Å². The number of ether oxygens (including phenoxy) is 2. The number of para-hydroxylation sites is 1. The minimum atomic E-state index is -1.84. The number of nitrogens with zero attached hydrogens (tertiary/aromatic N) is 2. The van der Waals surface area contributed by atoms with Crippen molar-refractivity contribution in [3.05, 3.63) is 104 Å². The summed E-state index contributed by atoms with van der Waals surface area (Å²) in [5.74, 6) is -1.50. The van der Waals surface area contributed by atoms with E-state index in [1.54, 1.807) is 61.3 Å². The third kappa shape index (κ3) is 3.10. The van der Waals surface area contributed by atoms with Gasteiger partial charge < -0.3 is 24.7 Å². The molecule has 0 saturated carbocycles. The quantitative estimate of drug-likeness (QED) is 0.565. The SMILES string of the molecule is COC(=O)C1=C(N)Oc2cc(C)n(C)c(=O)c2C12C(=O)N(Cc1ccc(Cl)cc1)c1ccccc12. The number of pyridine rings is 1. The number of rotatable bonds is 3. The first-order valence-electron chi connectivity index (χ1n) is 10.8. The Hall–Kier alpha value is -4.04. The molecule has 178 valence electrons. The number of amides is 1.